The van der Waals surface area contributed by atoms with Crippen LogP contribution < -0.4 is 10.6 Å². The van der Waals surface area contributed by atoms with Crippen molar-refractivity contribution >= 4 is 12.3 Å². The summed E-state index contributed by atoms with van der Waals surface area (Å²) in [6.07, 6.45) is 4.33. The number of hydrogen-bond donors (Lipinski definition) is 1. The standard InChI is InChI=1S/C9H8N2O/c12-9-5-1-4-8-7(9)3-2-6-10-11-8/h1,3-6,12H,2H2. The van der Waals surface area contributed by atoms with Crippen molar-refractivity contribution in [3.8, 4) is 5.75 Å². The molecule has 12 heavy (non-hydrogen) atoms. The summed E-state index contributed by atoms with van der Waals surface area (Å²) < 4.78 is 0. The normalized spacial score (nSPS) is 14.0. The summed E-state index contributed by atoms with van der Waals surface area (Å²) >= 11 is 0. The molecule has 60 valence electrons. The van der Waals surface area contributed by atoms with Gasteiger partial charge in [-0.2, -0.15) is 10.2 Å². The molecular weight excluding hydrogens is 152 g/mol. The van der Waals surface area contributed by atoms with Gasteiger partial charge in [-0.3, -0.25) is 0 Å². The Morgan fingerprint density at radius 3 is 3.17 bits per heavy atom. The Morgan fingerprint density at radius 2 is 2.25 bits per heavy atom. The number of rotatable bonds is 0. The molecule has 0 radical (unpaired) electrons. The van der Waals surface area contributed by atoms with Gasteiger partial charge in [0.25, 0.3) is 0 Å². The van der Waals surface area contributed by atoms with Crippen molar-refractivity contribution in [1.29, 1.82) is 0 Å². The molecule has 2 rings (SSSR count). The van der Waals surface area contributed by atoms with Gasteiger partial charge >= 0.3 is 0 Å². The van der Waals surface area contributed by atoms with E-state index in [0.717, 1.165) is 10.6 Å². The quantitative estimate of drug-likeness (QED) is 0.578. The molecule has 0 aliphatic carbocycles. The van der Waals surface area contributed by atoms with Crippen molar-refractivity contribution in [3.05, 3.63) is 28.8 Å². The van der Waals surface area contributed by atoms with Gasteiger partial charge < -0.3 is 5.11 Å². The van der Waals surface area contributed by atoms with E-state index in [1.807, 2.05) is 12.1 Å². The highest BCUT2D eigenvalue weighted by molar-refractivity contribution is 5.65. The van der Waals surface area contributed by atoms with Gasteiger partial charge in [0.2, 0.25) is 0 Å². The molecule has 0 fully saturated rings. The van der Waals surface area contributed by atoms with Crippen LogP contribution in [0.25, 0.3) is 6.08 Å². The molecule has 0 saturated carbocycles. The molecule has 0 aromatic heterocycles. The van der Waals surface area contributed by atoms with Crippen LogP contribution in [0.4, 0.5) is 0 Å². The number of fused-ring (bicyclic) bond motifs is 1. The van der Waals surface area contributed by atoms with Gasteiger partial charge in [0.1, 0.15) is 5.75 Å². The third kappa shape index (κ3) is 1.09. The highest BCUT2D eigenvalue weighted by Gasteiger charge is 1.94. The third-order valence-electron chi connectivity index (χ3n) is 1.73. The Morgan fingerprint density at radius 1 is 1.33 bits per heavy atom. The molecule has 3 heteroatoms. The Hall–Kier alpha value is -1.64. The lowest BCUT2D eigenvalue weighted by molar-refractivity contribution is 0.470. The fourth-order valence-corrected chi connectivity index (χ4v) is 1.16. The first-order chi connectivity index (χ1) is 5.88. The molecule has 1 aliphatic heterocycles. The smallest absolute Gasteiger partial charge is 0.124 e. The van der Waals surface area contributed by atoms with E-state index in [4.69, 9.17) is 0 Å². The maximum atomic E-state index is 9.43. The van der Waals surface area contributed by atoms with Crippen LogP contribution in [0.15, 0.2) is 28.4 Å². The van der Waals surface area contributed by atoms with Crippen LogP contribution >= 0.6 is 0 Å². The van der Waals surface area contributed by atoms with E-state index >= 15 is 0 Å². The van der Waals surface area contributed by atoms with Crippen LogP contribution in [0, 0.1) is 0 Å². The van der Waals surface area contributed by atoms with Crippen LogP contribution in [0.2, 0.25) is 0 Å². The molecule has 0 bridgehead atoms. The Bertz CT molecular complexity index is 434. The van der Waals surface area contributed by atoms with Gasteiger partial charge in [-0.15, -0.1) is 0 Å². The fraction of sp³-hybridized carbons (Fsp3) is 0.111. The maximum absolute atomic E-state index is 9.43. The van der Waals surface area contributed by atoms with Crippen LogP contribution in [0.3, 0.4) is 0 Å². The van der Waals surface area contributed by atoms with Gasteiger partial charge in [0.05, 0.1) is 5.36 Å². The van der Waals surface area contributed by atoms with Gasteiger partial charge in [-0.1, -0.05) is 12.1 Å². The first-order valence-corrected chi connectivity index (χ1v) is 3.75. The summed E-state index contributed by atoms with van der Waals surface area (Å²) in [6, 6.07) is 5.23. The number of nitrogens with zero attached hydrogens (tertiary/aromatic N) is 2. The fourth-order valence-electron chi connectivity index (χ4n) is 1.16. The summed E-state index contributed by atoms with van der Waals surface area (Å²) in [5.74, 6) is 0.266. The summed E-state index contributed by atoms with van der Waals surface area (Å²) in [5.41, 5.74) is 0. The lowest BCUT2D eigenvalue weighted by atomic mass is 10.2. The molecule has 3 nitrogen and oxygen atoms in total. The molecule has 1 aromatic rings. The molecule has 1 N–H and O–H groups in total. The molecule has 0 saturated heterocycles. The molecule has 0 spiro atoms. The van der Waals surface area contributed by atoms with E-state index in [2.05, 4.69) is 10.2 Å². The highest BCUT2D eigenvalue weighted by atomic mass is 16.3. The number of hydrogen-bond acceptors (Lipinski definition) is 3. The zero-order valence-electron chi connectivity index (χ0n) is 6.44. The number of phenolic OH excluding ortho intramolecular Hbond substituents is 1. The van der Waals surface area contributed by atoms with Crippen molar-refractivity contribution in [2.45, 2.75) is 6.42 Å². The minimum absolute atomic E-state index is 0.266. The minimum atomic E-state index is 0.266. The highest BCUT2D eigenvalue weighted by Crippen LogP contribution is 1.96. The third-order valence-corrected chi connectivity index (χ3v) is 1.73. The molecule has 0 amide bonds. The van der Waals surface area contributed by atoms with E-state index in [-0.39, 0.29) is 5.75 Å². The SMILES string of the molecule is Oc1cccc2c1=CCC=NN=2. The second kappa shape index (κ2) is 2.77. The van der Waals surface area contributed by atoms with E-state index in [0.29, 0.717) is 6.42 Å². The van der Waals surface area contributed by atoms with Gasteiger partial charge in [-0.05, 0) is 12.1 Å². The maximum Gasteiger partial charge on any atom is 0.124 e. The predicted molar refractivity (Wildman–Crippen MR) is 46.5 cm³/mol. The molecular formula is C9H8N2O. The second-order valence-electron chi connectivity index (χ2n) is 2.55. The van der Waals surface area contributed by atoms with Crippen LogP contribution in [0.1, 0.15) is 6.42 Å². The number of phenols is 1. The van der Waals surface area contributed by atoms with Crippen LogP contribution in [-0.4, -0.2) is 11.3 Å². The molecule has 0 atom stereocenters. The zero-order valence-corrected chi connectivity index (χ0v) is 6.44. The molecule has 0 unspecified atom stereocenters. The van der Waals surface area contributed by atoms with E-state index in [1.54, 1.807) is 18.3 Å². The van der Waals surface area contributed by atoms with Crippen molar-refractivity contribution in [3.63, 3.8) is 0 Å². The van der Waals surface area contributed by atoms with E-state index in [1.165, 1.54) is 0 Å². The van der Waals surface area contributed by atoms with Gasteiger partial charge in [-0.25, -0.2) is 0 Å². The first kappa shape index (κ1) is 7.03. The summed E-state index contributed by atoms with van der Waals surface area (Å²) in [7, 11) is 0. The van der Waals surface area contributed by atoms with Crippen molar-refractivity contribution < 1.29 is 5.11 Å². The minimum Gasteiger partial charge on any atom is -0.507 e. The summed E-state index contributed by atoms with van der Waals surface area (Å²) in [5, 5.41) is 18.7. The van der Waals surface area contributed by atoms with Crippen molar-refractivity contribution in [2.24, 2.45) is 10.2 Å². The number of aromatic hydroxyl groups is 1. The van der Waals surface area contributed by atoms with Crippen molar-refractivity contribution in [1.82, 2.24) is 0 Å². The first-order valence-electron chi connectivity index (χ1n) is 3.75. The van der Waals surface area contributed by atoms with Crippen molar-refractivity contribution in [2.75, 3.05) is 0 Å². The monoisotopic (exact) mass is 160 g/mol. The lowest BCUT2D eigenvalue weighted by Crippen LogP contribution is -2.23. The van der Waals surface area contributed by atoms with Crippen LogP contribution in [0.5, 0.6) is 5.75 Å². The Balaban J connectivity index is 2.85. The second-order valence-corrected chi connectivity index (χ2v) is 2.55. The molecule has 1 aliphatic rings. The Labute approximate surface area is 69.4 Å². The number of benzene rings is 1. The lowest BCUT2D eigenvalue weighted by Gasteiger charge is -1.90. The molecule has 1 heterocycles. The van der Waals surface area contributed by atoms with Crippen LogP contribution in [-0.2, 0) is 0 Å². The predicted octanol–water partition coefficient (Wildman–Crippen LogP) is 0.182. The average Bonchev–Trinajstić information content (AvgIpc) is 2.30. The van der Waals surface area contributed by atoms with E-state index < -0.39 is 0 Å². The van der Waals surface area contributed by atoms with E-state index in [9.17, 15) is 5.11 Å². The topological polar surface area (TPSA) is 45.0 Å². The average molecular weight is 160 g/mol. The van der Waals surface area contributed by atoms with Gasteiger partial charge in [0, 0.05) is 17.9 Å². The van der Waals surface area contributed by atoms with Gasteiger partial charge in [0.15, 0.2) is 0 Å². The largest absolute Gasteiger partial charge is 0.507 e. The summed E-state index contributed by atoms with van der Waals surface area (Å²) in [4.78, 5) is 0. The molecule has 1 aromatic carbocycles. The Kier molecular flexibility index (Phi) is 1.63. The zero-order chi connectivity index (χ0) is 8.39. The summed E-state index contributed by atoms with van der Waals surface area (Å²) in [6.45, 7) is 0.